The first-order chi connectivity index (χ1) is 8.86. The third-order valence-electron chi connectivity index (χ3n) is 2.56. The number of amides is 1. The smallest absolute Gasteiger partial charge is 0.365 e. The maximum Gasteiger partial charge on any atom is 0.416 e. The molecule has 0 unspecified atom stereocenters. The predicted molar refractivity (Wildman–Crippen MR) is 67.1 cm³/mol. The van der Waals surface area contributed by atoms with Gasteiger partial charge in [0, 0.05) is 11.3 Å². The van der Waals surface area contributed by atoms with Crippen molar-refractivity contribution >= 4 is 17.2 Å². The molecule has 0 aliphatic rings. The van der Waals surface area contributed by atoms with Gasteiger partial charge in [0.05, 0.1) is 10.4 Å². The van der Waals surface area contributed by atoms with Crippen molar-refractivity contribution in [1.82, 2.24) is 0 Å². The molecule has 6 heteroatoms. The Bertz CT molecular complexity index is 587. The van der Waals surface area contributed by atoms with Crippen LogP contribution in [0.3, 0.4) is 0 Å². The lowest BCUT2D eigenvalue weighted by atomic mass is 10.1. The molecule has 2 aromatic rings. The number of hydrogen-bond acceptors (Lipinski definition) is 2. The van der Waals surface area contributed by atoms with Gasteiger partial charge in [-0.3, -0.25) is 4.79 Å². The number of hydrogen-bond donors (Lipinski definition) is 1. The Morgan fingerprint density at radius 2 is 1.74 bits per heavy atom. The number of alkyl halides is 3. The molecule has 2 N–H and O–H groups in total. The molecule has 0 saturated heterocycles. The zero-order valence-corrected chi connectivity index (χ0v) is 10.5. The number of halogens is 3. The van der Waals surface area contributed by atoms with Crippen molar-refractivity contribution in [1.29, 1.82) is 0 Å². The van der Waals surface area contributed by atoms with Crippen LogP contribution in [-0.2, 0) is 12.6 Å². The lowest BCUT2D eigenvalue weighted by Crippen LogP contribution is -2.08. The van der Waals surface area contributed by atoms with Crippen molar-refractivity contribution in [3.8, 4) is 0 Å². The minimum atomic E-state index is -4.32. The number of primary amides is 1. The van der Waals surface area contributed by atoms with Gasteiger partial charge in [0.2, 0.25) is 0 Å². The van der Waals surface area contributed by atoms with Crippen molar-refractivity contribution in [2.45, 2.75) is 12.6 Å². The van der Waals surface area contributed by atoms with E-state index in [0.29, 0.717) is 11.3 Å². The maximum atomic E-state index is 12.4. The third-order valence-corrected chi connectivity index (χ3v) is 3.66. The van der Waals surface area contributed by atoms with Crippen molar-refractivity contribution in [2.75, 3.05) is 0 Å². The van der Waals surface area contributed by atoms with Crippen molar-refractivity contribution in [2.24, 2.45) is 5.73 Å². The van der Waals surface area contributed by atoms with E-state index in [2.05, 4.69) is 0 Å². The van der Waals surface area contributed by atoms with Gasteiger partial charge in [-0.2, -0.15) is 13.2 Å². The summed E-state index contributed by atoms with van der Waals surface area (Å²) in [5.74, 6) is -0.497. The van der Waals surface area contributed by atoms with Crippen LogP contribution >= 0.6 is 11.3 Å². The fourth-order valence-corrected chi connectivity index (χ4v) is 2.51. The molecule has 0 aliphatic heterocycles. The van der Waals surface area contributed by atoms with Crippen LogP contribution in [0.2, 0.25) is 0 Å². The van der Waals surface area contributed by atoms with Gasteiger partial charge in [0.15, 0.2) is 0 Å². The SMILES string of the molecule is NC(=O)c1ccc(Cc2ccc(C(F)(F)F)cc2)s1. The van der Waals surface area contributed by atoms with Crippen LogP contribution in [0, 0.1) is 0 Å². The zero-order chi connectivity index (χ0) is 14.0. The summed E-state index contributed by atoms with van der Waals surface area (Å²) in [6.07, 6.45) is -3.84. The largest absolute Gasteiger partial charge is 0.416 e. The van der Waals surface area contributed by atoms with Crippen LogP contribution in [0.15, 0.2) is 36.4 Å². The molecule has 0 bridgehead atoms. The molecule has 1 amide bonds. The summed E-state index contributed by atoms with van der Waals surface area (Å²) in [4.78, 5) is 12.3. The maximum absolute atomic E-state index is 12.4. The van der Waals surface area contributed by atoms with E-state index in [1.54, 1.807) is 12.1 Å². The topological polar surface area (TPSA) is 43.1 Å². The minimum absolute atomic E-state index is 0.446. The molecule has 0 fully saturated rings. The van der Waals surface area contributed by atoms with Gasteiger partial charge in [0.25, 0.3) is 5.91 Å². The Morgan fingerprint density at radius 3 is 2.21 bits per heavy atom. The number of thiophene rings is 1. The second kappa shape index (κ2) is 5.05. The van der Waals surface area contributed by atoms with Crippen LogP contribution in [0.25, 0.3) is 0 Å². The van der Waals surface area contributed by atoms with Gasteiger partial charge in [0.1, 0.15) is 0 Å². The van der Waals surface area contributed by atoms with Gasteiger partial charge < -0.3 is 5.73 Å². The second-order valence-corrected chi connectivity index (χ2v) is 5.17. The molecule has 2 rings (SSSR count). The van der Waals surface area contributed by atoms with Crippen LogP contribution < -0.4 is 5.73 Å². The van der Waals surface area contributed by atoms with Crippen LogP contribution in [-0.4, -0.2) is 5.91 Å². The first-order valence-corrected chi connectivity index (χ1v) is 6.22. The second-order valence-electron chi connectivity index (χ2n) is 4.00. The van der Waals surface area contributed by atoms with Crippen molar-refractivity contribution in [3.05, 3.63) is 57.3 Å². The monoisotopic (exact) mass is 285 g/mol. The van der Waals surface area contributed by atoms with E-state index in [9.17, 15) is 18.0 Å². The lowest BCUT2D eigenvalue weighted by molar-refractivity contribution is -0.137. The molecule has 1 aromatic carbocycles. The Labute approximate surface area is 111 Å². The van der Waals surface area contributed by atoms with Crippen LogP contribution in [0.1, 0.15) is 25.7 Å². The Hall–Kier alpha value is -1.82. The van der Waals surface area contributed by atoms with E-state index in [4.69, 9.17) is 5.73 Å². The summed E-state index contributed by atoms with van der Waals surface area (Å²) in [6.45, 7) is 0. The summed E-state index contributed by atoms with van der Waals surface area (Å²) in [5.41, 5.74) is 5.22. The number of carbonyl (C=O) groups is 1. The Morgan fingerprint density at radius 1 is 1.11 bits per heavy atom. The van der Waals surface area contributed by atoms with Gasteiger partial charge in [-0.25, -0.2) is 0 Å². The van der Waals surface area contributed by atoms with E-state index in [1.807, 2.05) is 0 Å². The number of nitrogens with two attached hydrogens (primary N) is 1. The first-order valence-electron chi connectivity index (χ1n) is 5.41. The molecule has 0 radical (unpaired) electrons. The van der Waals surface area contributed by atoms with Gasteiger partial charge in [-0.1, -0.05) is 12.1 Å². The third kappa shape index (κ3) is 3.35. The number of rotatable bonds is 3. The van der Waals surface area contributed by atoms with Gasteiger partial charge in [-0.05, 0) is 29.8 Å². The number of benzene rings is 1. The lowest BCUT2D eigenvalue weighted by Gasteiger charge is -2.07. The summed E-state index contributed by atoms with van der Waals surface area (Å²) >= 11 is 1.25. The molecule has 1 aromatic heterocycles. The van der Waals surface area contributed by atoms with E-state index in [0.717, 1.165) is 22.6 Å². The first kappa shape index (κ1) is 13.6. The van der Waals surface area contributed by atoms with E-state index in [1.165, 1.54) is 23.5 Å². The van der Waals surface area contributed by atoms with E-state index < -0.39 is 17.6 Å². The van der Waals surface area contributed by atoms with Gasteiger partial charge in [-0.15, -0.1) is 11.3 Å². The predicted octanol–water partition coefficient (Wildman–Crippen LogP) is 3.46. The fraction of sp³-hybridized carbons (Fsp3) is 0.154. The summed E-state index contributed by atoms with van der Waals surface area (Å²) in [5, 5.41) is 0. The molecule has 0 saturated carbocycles. The summed E-state index contributed by atoms with van der Waals surface area (Å²) < 4.78 is 37.2. The van der Waals surface area contributed by atoms with Crippen molar-refractivity contribution in [3.63, 3.8) is 0 Å². The van der Waals surface area contributed by atoms with Crippen LogP contribution in [0.4, 0.5) is 13.2 Å². The molecular weight excluding hydrogens is 275 g/mol. The molecule has 2 nitrogen and oxygen atoms in total. The Balaban J connectivity index is 2.13. The molecule has 0 atom stereocenters. The standard InChI is InChI=1S/C13H10F3NOS/c14-13(15,16)9-3-1-8(2-4-9)7-10-5-6-11(19-10)12(17)18/h1-6H,7H2,(H2,17,18). The zero-order valence-electron chi connectivity index (χ0n) is 9.70. The fourth-order valence-electron chi connectivity index (χ4n) is 1.62. The van der Waals surface area contributed by atoms with E-state index in [-0.39, 0.29) is 0 Å². The highest BCUT2D eigenvalue weighted by atomic mass is 32.1. The van der Waals surface area contributed by atoms with Gasteiger partial charge >= 0.3 is 6.18 Å². The molecule has 0 aliphatic carbocycles. The van der Waals surface area contributed by atoms with Crippen molar-refractivity contribution < 1.29 is 18.0 Å². The summed E-state index contributed by atoms with van der Waals surface area (Å²) in [6, 6.07) is 8.35. The van der Waals surface area contributed by atoms with E-state index >= 15 is 0 Å². The normalized spacial score (nSPS) is 11.5. The molecular formula is C13H10F3NOS. The highest BCUT2D eigenvalue weighted by Gasteiger charge is 2.29. The highest BCUT2D eigenvalue weighted by molar-refractivity contribution is 7.14. The average Bonchev–Trinajstić information content (AvgIpc) is 2.77. The molecule has 19 heavy (non-hydrogen) atoms. The Kier molecular flexibility index (Phi) is 3.61. The average molecular weight is 285 g/mol. The summed E-state index contributed by atoms with van der Waals surface area (Å²) in [7, 11) is 0. The molecule has 1 heterocycles. The molecule has 0 spiro atoms. The van der Waals surface area contributed by atoms with Crippen LogP contribution in [0.5, 0.6) is 0 Å². The quantitative estimate of drug-likeness (QED) is 0.922. The highest BCUT2D eigenvalue weighted by Crippen LogP contribution is 2.29. The molecule has 100 valence electrons. The number of carbonyl (C=O) groups excluding carboxylic acids is 1. The minimum Gasteiger partial charge on any atom is -0.365 e.